The fourth-order valence-electron chi connectivity index (χ4n) is 1.58. The summed E-state index contributed by atoms with van der Waals surface area (Å²) in [5, 5.41) is 3.26. The number of hydrogen-bond donors (Lipinski definition) is 1. The Bertz CT molecular complexity index is 159. The van der Waals surface area contributed by atoms with Crippen LogP contribution in [0, 0.1) is 0 Å². The zero-order chi connectivity index (χ0) is 8.97. The van der Waals surface area contributed by atoms with E-state index in [1.807, 2.05) is 0 Å². The Labute approximate surface area is 80.3 Å². The summed E-state index contributed by atoms with van der Waals surface area (Å²) in [6.07, 6.45) is 3.74. The van der Waals surface area contributed by atoms with E-state index in [9.17, 15) is 0 Å². The van der Waals surface area contributed by atoms with Gasteiger partial charge in [-0.1, -0.05) is 32.0 Å². The second-order valence-corrected chi connectivity index (χ2v) is 3.87. The van der Waals surface area contributed by atoms with Crippen molar-refractivity contribution in [3.8, 4) is 0 Å². The molecule has 0 saturated carbocycles. The lowest BCUT2D eigenvalue weighted by Gasteiger charge is -2.34. The Morgan fingerprint density at radius 2 is 2.42 bits per heavy atom. The van der Waals surface area contributed by atoms with Gasteiger partial charge in [-0.15, -0.1) is 0 Å². The topological polar surface area (TPSA) is 15.3 Å². The molecule has 0 radical (unpaired) electrons. The van der Waals surface area contributed by atoms with Crippen LogP contribution in [0.3, 0.4) is 0 Å². The summed E-state index contributed by atoms with van der Waals surface area (Å²) < 4.78 is 0. The molecule has 0 aliphatic carbocycles. The zero-order valence-corrected chi connectivity index (χ0v) is 8.78. The van der Waals surface area contributed by atoms with Crippen molar-refractivity contribution in [1.82, 2.24) is 10.2 Å². The smallest absolute Gasteiger partial charge is 0.0928 e. The normalized spacial score (nSPS) is 25.5. The van der Waals surface area contributed by atoms with E-state index < -0.39 is 0 Å². The summed E-state index contributed by atoms with van der Waals surface area (Å²) in [4.78, 5) is 3.39. The molecule has 1 aliphatic rings. The second-order valence-electron chi connectivity index (χ2n) is 3.43. The summed E-state index contributed by atoms with van der Waals surface area (Å²) in [6.45, 7) is 4.35. The maximum absolute atomic E-state index is 5.26. The molecule has 1 fully saturated rings. The van der Waals surface area contributed by atoms with E-state index in [1.54, 1.807) is 0 Å². The molecule has 0 aromatic rings. The van der Waals surface area contributed by atoms with Crippen molar-refractivity contribution in [3.05, 3.63) is 0 Å². The molecule has 1 heterocycles. The lowest BCUT2D eigenvalue weighted by Crippen LogP contribution is -2.52. The van der Waals surface area contributed by atoms with E-state index in [2.05, 4.69) is 24.2 Å². The van der Waals surface area contributed by atoms with E-state index in [1.165, 1.54) is 19.3 Å². The van der Waals surface area contributed by atoms with Crippen LogP contribution in [0.15, 0.2) is 0 Å². The van der Waals surface area contributed by atoms with Gasteiger partial charge in [0, 0.05) is 13.1 Å². The zero-order valence-electron chi connectivity index (χ0n) is 7.97. The van der Waals surface area contributed by atoms with Crippen molar-refractivity contribution >= 4 is 17.2 Å². The lowest BCUT2D eigenvalue weighted by atomic mass is 10.1. The second kappa shape index (κ2) is 4.77. The van der Waals surface area contributed by atoms with E-state index in [0.29, 0.717) is 6.04 Å². The van der Waals surface area contributed by atoms with Crippen molar-refractivity contribution in [3.63, 3.8) is 0 Å². The molecule has 3 heteroatoms. The predicted octanol–water partition coefficient (Wildman–Crippen LogP) is 1.41. The highest BCUT2D eigenvalue weighted by atomic mass is 32.1. The molecular weight excluding hydrogens is 168 g/mol. The molecule has 1 saturated heterocycles. The number of likely N-dealkylation sites (N-methyl/N-ethyl adjacent to an activating group) is 1. The van der Waals surface area contributed by atoms with Crippen LogP contribution in [0.25, 0.3) is 0 Å². The Morgan fingerprint density at radius 1 is 1.67 bits per heavy atom. The molecule has 2 nitrogen and oxygen atoms in total. The molecule has 0 spiro atoms. The predicted molar refractivity (Wildman–Crippen MR) is 56.5 cm³/mol. The van der Waals surface area contributed by atoms with Crippen LogP contribution < -0.4 is 5.32 Å². The van der Waals surface area contributed by atoms with Crippen LogP contribution in [-0.2, 0) is 0 Å². The molecule has 1 N–H and O–H groups in total. The quantitative estimate of drug-likeness (QED) is 0.671. The van der Waals surface area contributed by atoms with Crippen molar-refractivity contribution in [2.24, 2.45) is 0 Å². The van der Waals surface area contributed by atoms with E-state index >= 15 is 0 Å². The highest BCUT2D eigenvalue weighted by Gasteiger charge is 2.22. The number of thiocarbonyl (C=S) groups is 1. The monoisotopic (exact) mass is 186 g/mol. The van der Waals surface area contributed by atoms with Gasteiger partial charge in [0.05, 0.1) is 11.0 Å². The maximum atomic E-state index is 5.26. The van der Waals surface area contributed by atoms with Gasteiger partial charge in [-0.3, -0.25) is 4.90 Å². The first-order valence-corrected chi connectivity index (χ1v) is 5.14. The van der Waals surface area contributed by atoms with Gasteiger partial charge in [0.1, 0.15) is 0 Å². The molecule has 70 valence electrons. The number of unbranched alkanes of at least 4 members (excludes halogenated alkanes) is 1. The Balaban J connectivity index is 2.40. The minimum absolute atomic E-state index is 0.494. The molecule has 1 rings (SSSR count). The number of hydrogen-bond acceptors (Lipinski definition) is 2. The van der Waals surface area contributed by atoms with Crippen molar-refractivity contribution in [2.45, 2.75) is 32.2 Å². The van der Waals surface area contributed by atoms with Crippen LogP contribution in [0.2, 0.25) is 0 Å². The molecule has 12 heavy (non-hydrogen) atoms. The average Bonchev–Trinajstić information content (AvgIpc) is 2.04. The third-order valence-corrected chi connectivity index (χ3v) is 2.85. The number of rotatable bonds is 3. The van der Waals surface area contributed by atoms with Crippen molar-refractivity contribution < 1.29 is 0 Å². The summed E-state index contributed by atoms with van der Waals surface area (Å²) in [6, 6.07) is 0.494. The van der Waals surface area contributed by atoms with E-state index in [4.69, 9.17) is 12.2 Å². The van der Waals surface area contributed by atoms with Gasteiger partial charge in [0.15, 0.2) is 0 Å². The molecule has 1 atom stereocenters. The van der Waals surface area contributed by atoms with Gasteiger partial charge in [0.2, 0.25) is 0 Å². The SMILES string of the molecule is CCCCC1C(=S)NCCN1C. The van der Waals surface area contributed by atoms with E-state index in [-0.39, 0.29) is 0 Å². The lowest BCUT2D eigenvalue weighted by molar-refractivity contribution is 0.264. The first-order valence-electron chi connectivity index (χ1n) is 4.73. The molecule has 0 aromatic carbocycles. The number of piperazine rings is 1. The Kier molecular flexibility index (Phi) is 3.95. The summed E-state index contributed by atoms with van der Waals surface area (Å²) in [7, 11) is 2.16. The van der Waals surface area contributed by atoms with Gasteiger partial charge in [-0.2, -0.15) is 0 Å². The number of nitrogens with zero attached hydrogens (tertiary/aromatic N) is 1. The molecule has 1 unspecified atom stereocenters. The molecule has 0 bridgehead atoms. The fraction of sp³-hybridized carbons (Fsp3) is 0.889. The minimum atomic E-state index is 0.494. The summed E-state index contributed by atoms with van der Waals surface area (Å²) in [5.74, 6) is 0. The van der Waals surface area contributed by atoms with Gasteiger partial charge < -0.3 is 5.32 Å². The first-order chi connectivity index (χ1) is 5.75. The summed E-state index contributed by atoms with van der Waals surface area (Å²) >= 11 is 5.26. The first kappa shape index (κ1) is 9.93. The molecule has 0 amide bonds. The van der Waals surface area contributed by atoms with Gasteiger partial charge in [-0.05, 0) is 13.5 Å². The molecular formula is C9H18N2S. The third kappa shape index (κ3) is 2.42. The van der Waals surface area contributed by atoms with Crippen molar-refractivity contribution in [2.75, 3.05) is 20.1 Å². The van der Waals surface area contributed by atoms with Gasteiger partial charge in [-0.25, -0.2) is 0 Å². The largest absolute Gasteiger partial charge is 0.377 e. The average molecular weight is 186 g/mol. The van der Waals surface area contributed by atoms with E-state index in [0.717, 1.165) is 18.1 Å². The van der Waals surface area contributed by atoms with Crippen LogP contribution in [0.1, 0.15) is 26.2 Å². The maximum Gasteiger partial charge on any atom is 0.0928 e. The van der Waals surface area contributed by atoms with Gasteiger partial charge >= 0.3 is 0 Å². The van der Waals surface area contributed by atoms with Crippen LogP contribution in [0.5, 0.6) is 0 Å². The minimum Gasteiger partial charge on any atom is -0.377 e. The Hall–Kier alpha value is -0.150. The fourth-order valence-corrected chi connectivity index (χ4v) is 1.98. The van der Waals surface area contributed by atoms with Crippen LogP contribution in [0.4, 0.5) is 0 Å². The third-order valence-electron chi connectivity index (χ3n) is 2.43. The van der Waals surface area contributed by atoms with Crippen molar-refractivity contribution in [1.29, 1.82) is 0 Å². The highest BCUT2D eigenvalue weighted by Crippen LogP contribution is 2.10. The van der Waals surface area contributed by atoms with Gasteiger partial charge in [0.25, 0.3) is 0 Å². The number of nitrogens with one attached hydrogen (secondary N) is 1. The van der Waals surface area contributed by atoms with Crippen LogP contribution in [-0.4, -0.2) is 36.1 Å². The molecule has 0 aromatic heterocycles. The van der Waals surface area contributed by atoms with Crippen LogP contribution >= 0.6 is 12.2 Å². The summed E-state index contributed by atoms with van der Waals surface area (Å²) in [5.41, 5.74) is 0. The Morgan fingerprint density at radius 3 is 3.00 bits per heavy atom. The highest BCUT2D eigenvalue weighted by molar-refractivity contribution is 7.80. The molecule has 1 aliphatic heterocycles. The standard InChI is InChI=1S/C9H18N2S/c1-3-4-5-8-9(12)10-6-7-11(8)2/h8H,3-7H2,1-2H3,(H,10,12).